The number of rotatable bonds is 1. The van der Waals surface area contributed by atoms with Crippen molar-refractivity contribution in [3.05, 3.63) is 0 Å². The van der Waals surface area contributed by atoms with E-state index in [0.717, 1.165) is 11.3 Å². The van der Waals surface area contributed by atoms with Gasteiger partial charge in [0, 0.05) is 0 Å². The molecule has 0 unspecified atom stereocenters. The third-order valence-corrected chi connectivity index (χ3v) is 3.18. The van der Waals surface area contributed by atoms with Crippen LogP contribution in [0.1, 0.15) is 26.2 Å². The van der Waals surface area contributed by atoms with Crippen molar-refractivity contribution in [3.63, 3.8) is 0 Å². The molecule has 4 amide bonds. The van der Waals surface area contributed by atoms with Crippen LogP contribution >= 0.6 is 0 Å². The van der Waals surface area contributed by atoms with Gasteiger partial charge in [-0.1, -0.05) is 12.3 Å². The smallest absolute Gasteiger partial charge is 0.277 e. The van der Waals surface area contributed by atoms with Gasteiger partial charge in [0.25, 0.3) is 0 Å². The zero-order chi connectivity index (χ0) is 11.8. The van der Waals surface area contributed by atoms with Gasteiger partial charge in [0.2, 0.25) is 11.8 Å². The highest BCUT2D eigenvalue weighted by atomic mass is 16.2. The van der Waals surface area contributed by atoms with Crippen LogP contribution < -0.4 is 5.32 Å². The monoisotopic (exact) mass is 220 g/mol. The Labute approximate surface area is 93.2 Å². The summed E-state index contributed by atoms with van der Waals surface area (Å²) in [6.45, 7) is 1.69. The van der Waals surface area contributed by atoms with Gasteiger partial charge in [-0.15, -0.1) is 5.92 Å². The maximum atomic E-state index is 12.0. The first kappa shape index (κ1) is 10.7. The molecule has 0 bridgehead atoms. The topological polar surface area (TPSA) is 66.5 Å². The first-order chi connectivity index (χ1) is 7.62. The summed E-state index contributed by atoms with van der Waals surface area (Å²) in [5.41, 5.74) is -0.983. The van der Waals surface area contributed by atoms with E-state index in [9.17, 15) is 14.4 Å². The first-order valence-corrected chi connectivity index (χ1v) is 5.19. The zero-order valence-electron chi connectivity index (χ0n) is 9.00. The summed E-state index contributed by atoms with van der Waals surface area (Å²) >= 11 is 0. The number of amides is 4. The second-order valence-corrected chi connectivity index (χ2v) is 4.01. The van der Waals surface area contributed by atoms with Gasteiger partial charge in [-0.3, -0.25) is 19.8 Å². The Morgan fingerprint density at radius 2 is 2.06 bits per heavy atom. The normalized spacial score (nSPS) is 22.3. The Bertz CT molecular complexity index is 426. The molecule has 2 rings (SSSR count). The predicted octanol–water partition coefficient (Wildman–Crippen LogP) is 0.258. The van der Waals surface area contributed by atoms with E-state index in [1.807, 2.05) is 0 Å². The van der Waals surface area contributed by atoms with Crippen molar-refractivity contribution in [2.75, 3.05) is 6.54 Å². The SMILES string of the molecule is CC#CCN1C(=O)NC(=O)C2(CCC2)C1=O. The average Bonchev–Trinajstić information content (AvgIpc) is 2.15. The third-order valence-electron chi connectivity index (χ3n) is 3.18. The fourth-order valence-electron chi connectivity index (χ4n) is 2.00. The van der Waals surface area contributed by atoms with Crippen molar-refractivity contribution in [1.29, 1.82) is 0 Å². The van der Waals surface area contributed by atoms with E-state index in [-0.39, 0.29) is 6.54 Å². The number of nitrogens with zero attached hydrogens (tertiary/aromatic N) is 1. The number of hydrogen-bond acceptors (Lipinski definition) is 3. The lowest BCUT2D eigenvalue weighted by molar-refractivity contribution is -0.157. The zero-order valence-corrected chi connectivity index (χ0v) is 9.00. The van der Waals surface area contributed by atoms with Crippen molar-refractivity contribution in [2.24, 2.45) is 5.41 Å². The molecule has 2 fully saturated rings. The fourth-order valence-corrected chi connectivity index (χ4v) is 2.00. The maximum Gasteiger partial charge on any atom is 0.331 e. The number of carbonyl (C=O) groups is 3. The minimum Gasteiger partial charge on any atom is -0.277 e. The highest BCUT2D eigenvalue weighted by molar-refractivity contribution is 6.19. The Morgan fingerprint density at radius 3 is 2.56 bits per heavy atom. The molecular formula is C11H12N2O3. The summed E-state index contributed by atoms with van der Waals surface area (Å²) in [6.07, 6.45) is 1.91. The molecule has 1 N–H and O–H groups in total. The Balaban J connectivity index is 2.25. The van der Waals surface area contributed by atoms with Crippen LogP contribution in [0.15, 0.2) is 0 Å². The second-order valence-electron chi connectivity index (χ2n) is 4.01. The van der Waals surface area contributed by atoms with Gasteiger partial charge in [0.05, 0.1) is 6.54 Å². The number of imide groups is 2. The van der Waals surface area contributed by atoms with Crippen molar-refractivity contribution in [1.82, 2.24) is 10.2 Å². The molecule has 0 atom stereocenters. The summed E-state index contributed by atoms with van der Waals surface area (Å²) in [5, 5.41) is 2.22. The number of carbonyl (C=O) groups excluding carboxylic acids is 3. The average molecular weight is 220 g/mol. The third kappa shape index (κ3) is 1.30. The summed E-state index contributed by atoms with van der Waals surface area (Å²) in [5.74, 6) is 4.44. The number of barbiturate groups is 1. The minimum absolute atomic E-state index is 0.0518. The Hall–Kier alpha value is -1.83. The first-order valence-electron chi connectivity index (χ1n) is 5.19. The van der Waals surface area contributed by atoms with Crippen molar-refractivity contribution in [3.8, 4) is 11.8 Å². The molecule has 0 aromatic heterocycles. The molecule has 1 spiro atoms. The van der Waals surface area contributed by atoms with Gasteiger partial charge in [-0.2, -0.15) is 0 Å². The van der Waals surface area contributed by atoms with Crippen LogP contribution in [0.4, 0.5) is 4.79 Å². The molecule has 1 heterocycles. The molecule has 2 aliphatic rings. The highest BCUT2D eigenvalue weighted by Crippen LogP contribution is 2.44. The Kier molecular flexibility index (Phi) is 2.43. The molecule has 84 valence electrons. The van der Waals surface area contributed by atoms with Gasteiger partial charge >= 0.3 is 6.03 Å². The lowest BCUT2D eigenvalue weighted by atomic mass is 9.66. The molecule has 5 heteroatoms. The van der Waals surface area contributed by atoms with E-state index in [1.54, 1.807) is 6.92 Å². The Morgan fingerprint density at radius 1 is 1.38 bits per heavy atom. The highest BCUT2D eigenvalue weighted by Gasteiger charge is 2.57. The van der Waals surface area contributed by atoms with Crippen molar-refractivity contribution >= 4 is 17.8 Å². The van der Waals surface area contributed by atoms with Crippen LogP contribution in [-0.4, -0.2) is 29.3 Å². The number of hydrogen-bond donors (Lipinski definition) is 1. The predicted molar refractivity (Wildman–Crippen MR) is 55.0 cm³/mol. The molecule has 0 aromatic carbocycles. The quantitative estimate of drug-likeness (QED) is 0.509. The van der Waals surface area contributed by atoms with Crippen LogP contribution in [0.2, 0.25) is 0 Å². The second kappa shape index (κ2) is 3.63. The van der Waals surface area contributed by atoms with E-state index in [4.69, 9.17) is 0 Å². The number of nitrogens with one attached hydrogen (secondary N) is 1. The molecule has 5 nitrogen and oxygen atoms in total. The van der Waals surface area contributed by atoms with Gasteiger partial charge in [-0.25, -0.2) is 4.79 Å². The molecule has 16 heavy (non-hydrogen) atoms. The molecular weight excluding hydrogens is 208 g/mol. The van der Waals surface area contributed by atoms with E-state index in [1.165, 1.54) is 0 Å². The molecule has 1 saturated heterocycles. The van der Waals surface area contributed by atoms with Gasteiger partial charge in [0.15, 0.2) is 0 Å². The fraction of sp³-hybridized carbons (Fsp3) is 0.545. The van der Waals surface area contributed by atoms with E-state index in [0.29, 0.717) is 12.8 Å². The molecule has 1 saturated carbocycles. The summed E-state index contributed by atoms with van der Waals surface area (Å²) in [7, 11) is 0. The van der Waals surface area contributed by atoms with Gasteiger partial charge in [0.1, 0.15) is 5.41 Å². The molecule has 0 radical (unpaired) electrons. The summed E-state index contributed by atoms with van der Waals surface area (Å²) in [4.78, 5) is 36.1. The van der Waals surface area contributed by atoms with Crippen molar-refractivity contribution in [2.45, 2.75) is 26.2 Å². The van der Waals surface area contributed by atoms with Crippen LogP contribution in [0, 0.1) is 17.3 Å². The van der Waals surface area contributed by atoms with E-state index < -0.39 is 23.3 Å². The van der Waals surface area contributed by atoms with Crippen LogP contribution in [0.3, 0.4) is 0 Å². The van der Waals surface area contributed by atoms with E-state index in [2.05, 4.69) is 17.2 Å². The molecule has 1 aliphatic carbocycles. The van der Waals surface area contributed by atoms with Crippen LogP contribution in [0.25, 0.3) is 0 Å². The maximum absolute atomic E-state index is 12.0. The molecule has 1 aliphatic heterocycles. The minimum atomic E-state index is -0.983. The lowest BCUT2D eigenvalue weighted by Gasteiger charge is -2.44. The van der Waals surface area contributed by atoms with Gasteiger partial charge in [-0.05, 0) is 19.8 Å². The number of urea groups is 1. The largest absolute Gasteiger partial charge is 0.331 e. The van der Waals surface area contributed by atoms with E-state index >= 15 is 0 Å². The summed E-state index contributed by atoms with van der Waals surface area (Å²) < 4.78 is 0. The molecule has 0 aromatic rings. The van der Waals surface area contributed by atoms with Crippen LogP contribution in [0.5, 0.6) is 0 Å². The summed E-state index contributed by atoms with van der Waals surface area (Å²) in [6, 6.07) is -0.657. The van der Waals surface area contributed by atoms with Crippen molar-refractivity contribution < 1.29 is 14.4 Å². The van der Waals surface area contributed by atoms with Gasteiger partial charge < -0.3 is 0 Å². The standard InChI is InChI=1S/C11H12N2O3/c1-2-3-7-13-9(15)11(5-4-6-11)8(14)12-10(13)16/h4-7H2,1H3,(H,12,14,16). The lowest BCUT2D eigenvalue weighted by Crippen LogP contribution is -2.66. The van der Waals surface area contributed by atoms with Crippen LogP contribution in [-0.2, 0) is 9.59 Å².